The molecule has 0 bridgehead atoms. The van der Waals surface area contributed by atoms with Crippen LogP contribution in [0.2, 0.25) is 0 Å². The van der Waals surface area contributed by atoms with Gasteiger partial charge in [-0.2, -0.15) is 0 Å². The molecule has 0 atom stereocenters. The van der Waals surface area contributed by atoms with E-state index in [1.54, 1.807) is 0 Å². The fourth-order valence-corrected chi connectivity index (χ4v) is 1.51. The van der Waals surface area contributed by atoms with Crippen molar-refractivity contribution in [2.45, 2.75) is 40.0 Å². The number of rotatable bonds is 8. The molecule has 0 amide bonds. The molecule has 104 valence electrons. The molecule has 0 saturated carbocycles. The van der Waals surface area contributed by atoms with Crippen LogP contribution < -0.4 is 27.2 Å². The number of hydrogen-bond donors (Lipinski definition) is 3. The number of nitrogens with two attached hydrogens (primary N) is 1. The van der Waals surface area contributed by atoms with Gasteiger partial charge in [-0.1, -0.05) is 33.6 Å². The van der Waals surface area contributed by atoms with Crippen LogP contribution in [0.5, 0.6) is 0 Å². The van der Waals surface area contributed by atoms with Gasteiger partial charge in [-0.15, -0.1) is 0 Å². The lowest BCUT2D eigenvalue weighted by atomic mass is 10.1. The van der Waals surface area contributed by atoms with E-state index in [2.05, 4.69) is 17.6 Å². The second-order valence-electron chi connectivity index (χ2n) is 3.76. The highest BCUT2D eigenvalue weighted by Crippen LogP contribution is 2.13. The summed E-state index contributed by atoms with van der Waals surface area (Å²) in [5, 5.41) is 5.86. The lowest BCUT2D eigenvalue weighted by molar-refractivity contribution is 0.743. The Balaban J connectivity index is 0.00000137. The third-order valence-corrected chi connectivity index (χ3v) is 2.44. The molecule has 0 heterocycles. The Labute approximate surface area is 108 Å². The van der Waals surface area contributed by atoms with Crippen molar-refractivity contribution in [3.8, 4) is 0 Å². The van der Waals surface area contributed by atoms with Gasteiger partial charge in [0, 0.05) is 19.6 Å². The Hall–Kier alpha value is -1.36. The average Bonchev–Trinajstić information content (AvgIpc) is 2.42. The van der Waals surface area contributed by atoms with Crippen LogP contribution >= 0.6 is 0 Å². The first-order valence-corrected chi connectivity index (χ1v) is 6.73. The van der Waals surface area contributed by atoms with Gasteiger partial charge in [-0.25, -0.2) is 0 Å². The van der Waals surface area contributed by atoms with Crippen LogP contribution in [0, 0.1) is 0 Å². The summed E-state index contributed by atoms with van der Waals surface area (Å²) < 4.78 is 0. The Morgan fingerprint density at radius 2 is 1.44 bits per heavy atom. The highest BCUT2D eigenvalue weighted by atomic mass is 16.2. The molecular weight excluding hydrogens is 230 g/mol. The topological polar surface area (TPSA) is 84.2 Å². The Morgan fingerprint density at radius 1 is 0.944 bits per heavy atom. The molecule has 1 rings (SSSR count). The predicted octanol–water partition coefficient (Wildman–Crippen LogP) is 1.28. The van der Waals surface area contributed by atoms with Gasteiger partial charge in [-0.3, -0.25) is 9.59 Å². The van der Waals surface area contributed by atoms with Crippen LogP contribution in [0.15, 0.2) is 9.59 Å². The van der Waals surface area contributed by atoms with Gasteiger partial charge >= 0.3 is 0 Å². The van der Waals surface area contributed by atoms with E-state index in [1.807, 2.05) is 13.8 Å². The Kier molecular flexibility index (Phi) is 8.92. The molecule has 0 radical (unpaired) electrons. The average molecular weight is 255 g/mol. The molecule has 0 aliphatic carbocycles. The van der Waals surface area contributed by atoms with E-state index in [0.717, 1.165) is 25.8 Å². The molecule has 0 aromatic heterocycles. The molecule has 0 saturated heterocycles. The van der Waals surface area contributed by atoms with E-state index in [9.17, 15) is 9.59 Å². The van der Waals surface area contributed by atoms with Crippen LogP contribution in [-0.2, 0) is 0 Å². The van der Waals surface area contributed by atoms with E-state index in [1.165, 1.54) is 0 Å². The van der Waals surface area contributed by atoms with E-state index in [-0.39, 0.29) is 0 Å². The smallest absolute Gasteiger partial charge is 0.253 e. The summed E-state index contributed by atoms with van der Waals surface area (Å²) in [7, 11) is 0. The van der Waals surface area contributed by atoms with Gasteiger partial charge in [0.05, 0.1) is 0 Å². The molecule has 1 aromatic rings. The molecule has 5 heteroatoms. The number of anilines is 2. The van der Waals surface area contributed by atoms with Crippen molar-refractivity contribution in [1.82, 2.24) is 0 Å². The molecule has 0 spiro atoms. The van der Waals surface area contributed by atoms with Crippen LogP contribution in [0.1, 0.15) is 40.0 Å². The highest BCUT2D eigenvalue weighted by molar-refractivity contribution is 5.73. The molecule has 0 aliphatic rings. The van der Waals surface area contributed by atoms with Crippen LogP contribution in [0.4, 0.5) is 11.4 Å². The van der Waals surface area contributed by atoms with Gasteiger partial charge in [0.25, 0.3) is 10.9 Å². The quantitative estimate of drug-likeness (QED) is 0.481. The zero-order valence-electron chi connectivity index (χ0n) is 11.6. The second-order valence-corrected chi connectivity index (χ2v) is 3.76. The summed E-state index contributed by atoms with van der Waals surface area (Å²) in [4.78, 5) is 22.5. The van der Waals surface area contributed by atoms with Crippen molar-refractivity contribution in [2.24, 2.45) is 5.73 Å². The number of unbranched alkanes of at least 4 members (excludes halogenated alkanes) is 2. The van der Waals surface area contributed by atoms with Gasteiger partial charge in [-0.05, 0) is 6.42 Å². The van der Waals surface area contributed by atoms with Crippen LogP contribution in [0.25, 0.3) is 0 Å². The summed E-state index contributed by atoms with van der Waals surface area (Å²) in [6.07, 6.45) is 3.26. The monoisotopic (exact) mass is 255 g/mol. The van der Waals surface area contributed by atoms with Gasteiger partial charge in [0.1, 0.15) is 11.4 Å². The Morgan fingerprint density at radius 3 is 1.89 bits per heavy atom. The largest absolute Gasteiger partial charge is 0.380 e. The maximum Gasteiger partial charge on any atom is 0.253 e. The maximum atomic E-state index is 11.3. The molecule has 18 heavy (non-hydrogen) atoms. The molecule has 0 unspecified atom stereocenters. The zero-order valence-corrected chi connectivity index (χ0v) is 11.6. The summed E-state index contributed by atoms with van der Waals surface area (Å²) in [5.74, 6) is 0. The van der Waals surface area contributed by atoms with Crippen LogP contribution in [-0.4, -0.2) is 19.6 Å². The molecule has 0 fully saturated rings. The van der Waals surface area contributed by atoms with Crippen molar-refractivity contribution in [2.75, 3.05) is 30.3 Å². The maximum absolute atomic E-state index is 11.3. The number of nitrogens with one attached hydrogen (secondary N) is 2. The fourth-order valence-electron chi connectivity index (χ4n) is 1.51. The molecule has 0 aliphatic heterocycles. The van der Waals surface area contributed by atoms with Gasteiger partial charge in [0.2, 0.25) is 0 Å². The zero-order chi connectivity index (χ0) is 14.0. The van der Waals surface area contributed by atoms with Crippen LogP contribution in [0.3, 0.4) is 0 Å². The predicted molar refractivity (Wildman–Crippen MR) is 78.3 cm³/mol. The minimum Gasteiger partial charge on any atom is -0.380 e. The summed E-state index contributed by atoms with van der Waals surface area (Å²) >= 11 is 0. The highest BCUT2D eigenvalue weighted by Gasteiger charge is 2.19. The standard InChI is InChI=1S/C11H19N3O2.C2H6/c1-2-3-4-6-13-8-9(14-7-5-12)11(16)10(8)15;1-2/h13-14H,2-7,12H2,1H3;1-2H3. The molecule has 1 aromatic carbocycles. The van der Waals surface area contributed by atoms with Crippen molar-refractivity contribution < 1.29 is 0 Å². The lowest BCUT2D eigenvalue weighted by Crippen LogP contribution is -2.38. The third-order valence-electron chi connectivity index (χ3n) is 2.44. The van der Waals surface area contributed by atoms with Gasteiger partial charge < -0.3 is 16.4 Å². The first-order valence-electron chi connectivity index (χ1n) is 6.73. The first kappa shape index (κ1) is 16.6. The Bertz CT molecular complexity index is 395. The van der Waals surface area contributed by atoms with Crippen molar-refractivity contribution in [3.05, 3.63) is 20.4 Å². The first-order chi connectivity index (χ1) is 8.72. The van der Waals surface area contributed by atoms with Crippen molar-refractivity contribution >= 4 is 11.4 Å². The number of hydrogen-bond acceptors (Lipinski definition) is 5. The molecule has 5 nitrogen and oxygen atoms in total. The fraction of sp³-hybridized carbons (Fsp3) is 0.692. The van der Waals surface area contributed by atoms with Gasteiger partial charge in [0.15, 0.2) is 0 Å². The van der Waals surface area contributed by atoms with E-state index in [4.69, 9.17) is 5.73 Å². The van der Waals surface area contributed by atoms with Crippen molar-refractivity contribution in [1.29, 1.82) is 0 Å². The molecule has 4 N–H and O–H groups in total. The normalized spacial score (nSPS) is 9.78. The van der Waals surface area contributed by atoms with E-state index >= 15 is 0 Å². The summed E-state index contributed by atoms with van der Waals surface area (Å²) in [6.45, 7) is 7.80. The van der Waals surface area contributed by atoms with E-state index < -0.39 is 10.9 Å². The minimum absolute atomic E-state index is 0.395. The summed E-state index contributed by atoms with van der Waals surface area (Å²) in [5.41, 5.74) is 5.28. The van der Waals surface area contributed by atoms with E-state index in [0.29, 0.717) is 24.5 Å². The second kappa shape index (κ2) is 9.65. The molecular formula is C13H25N3O2. The SMILES string of the molecule is CC.CCCCCNc1c(NCCN)c(=O)c1=O. The van der Waals surface area contributed by atoms with Crippen molar-refractivity contribution in [3.63, 3.8) is 0 Å². The summed E-state index contributed by atoms with van der Waals surface area (Å²) in [6, 6.07) is 0. The minimum atomic E-state index is -0.438. The third kappa shape index (κ3) is 4.49. The lowest BCUT2D eigenvalue weighted by Gasteiger charge is -2.13.